The normalized spacial score (nSPS) is 16.0. The van der Waals surface area contributed by atoms with Crippen molar-refractivity contribution in [1.82, 2.24) is 11.0 Å². The van der Waals surface area contributed by atoms with E-state index in [0.29, 0.717) is 0 Å². The molecule has 0 amide bonds. The molecule has 0 aliphatic carbocycles. The summed E-state index contributed by atoms with van der Waals surface area (Å²) < 4.78 is 9.28. The van der Waals surface area contributed by atoms with Crippen molar-refractivity contribution >= 4 is 11.9 Å². The molecule has 2 heterocycles. The molecule has 0 saturated carbocycles. The van der Waals surface area contributed by atoms with Gasteiger partial charge in [-0.3, -0.25) is 0 Å². The molecule has 2 rings (SSSR count). The Balaban J connectivity index is 1.86. The monoisotopic (exact) mass is 252 g/mol. The second-order valence-electron chi connectivity index (χ2n) is 2.94. The van der Waals surface area contributed by atoms with Crippen LogP contribution in [0.1, 0.15) is 0 Å². The summed E-state index contributed by atoms with van der Waals surface area (Å²) in [6.45, 7) is 0. The molecule has 0 fully saturated rings. The summed E-state index contributed by atoms with van der Waals surface area (Å²) in [7, 11) is 0. The minimum atomic E-state index is -1.20. The Morgan fingerprint density at radius 2 is 1.33 bits per heavy atom. The molecule has 0 radical (unpaired) electrons. The highest BCUT2D eigenvalue weighted by Gasteiger charge is 2.22. The highest BCUT2D eigenvalue weighted by Crippen LogP contribution is 2.04. The number of ether oxygens (including phenoxy) is 2. The minimum absolute atomic E-state index is 0.0267. The van der Waals surface area contributed by atoms with Gasteiger partial charge in [-0.15, -0.1) is 0 Å². The molecule has 18 heavy (non-hydrogen) atoms. The molecule has 0 atom stereocenters. The molecule has 0 bridgehead atoms. The third-order valence-corrected chi connectivity index (χ3v) is 1.68. The highest BCUT2D eigenvalue weighted by molar-refractivity contribution is 6.30. The summed E-state index contributed by atoms with van der Waals surface area (Å²) in [5.41, 5.74) is 4.53. The Bertz CT molecular complexity index is 433. The first-order valence-corrected chi connectivity index (χ1v) is 4.77. The molecule has 0 saturated heterocycles. The number of allylic oxidation sites excluding steroid dienone is 4. The van der Waals surface area contributed by atoms with Crippen LogP contribution in [0.5, 0.6) is 0 Å². The summed E-state index contributed by atoms with van der Waals surface area (Å²) in [5, 5.41) is 0. The zero-order valence-corrected chi connectivity index (χ0v) is 8.91. The molecular weight excluding hydrogens is 244 g/mol. The van der Waals surface area contributed by atoms with Crippen LogP contribution in [-0.2, 0) is 28.7 Å². The Morgan fingerprint density at radius 1 is 0.889 bits per heavy atom. The van der Waals surface area contributed by atoms with E-state index in [-0.39, 0.29) is 11.8 Å². The van der Waals surface area contributed by atoms with Crippen molar-refractivity contribution in [2.45, 2.75) is 0 Å². The maximum atomic E-state index is 11.3. The van der Waals surface area contributed by atoms with Gasteiger partial charge in [0.25, 0.3) is 0 Å². The zero-order valence-electron chi connectivity index (χ0n) is 8.91. The van der Waals surface area contributed by atoms with E-state index in [9.17, 15) is 9.59 Å². The van der Waals surface area contributed by atoms with Crippen molar-refractivity contribution < 1.29 is 28.7 Å². The van der Waals surface area contributed by atoms with Gasteiger partial charge in [0.15, 0.2) is 0 Å². The molecule has 2 aliphatic rings. The first-order valence-electron chi connectivity index (χ1n) is 4.77. The lowest BCUT2D eigenvalue weighted by Gasteiger charge is -2.13. The molecule has 8 nitrogen and oxygen atoms in total. The number of rotatable bonds is 2. The molecule has 0 aromatic carbocycles. The number of hydrogen-bond donors (Lipinski definition) is 2. The van der Waals surface area contributed by atoms with Gasteiger partial charge >= 0.3 is 11.9 Å². The lowest BCUT2D eigenvalue weighted by molar-refractivity contribution is -0.165. The maximum Gasteiger partial charge on any atom is 0.424 e. The lowest BCUT2D eigenvalue weighted by atomic mass is 10.5. The summed E-state index contributed by atoms with van der Waals surface area (Å²) in [4.78, 5) is 31.9. The minimum Gasteiger partial charge on any atom is -0.398 e. The van der Waals surface area contributed by atoms with E-state index < -0.39 is 11.9 Å². The number of carbonyl (C=O) groups excluding carboxylic acids is 2. The van der Waals surface area contributed by atoms with Crippen molar-refractivity contribution in [2.75, 3.05) is 0 Å². The summed E-state index contributed by atoms with van der Waals surface area (Å²) in [5.74, 6) is -2.46. The number of esters is 2. The van der Waals surface area contributed by atoms with Crippen molar-refractivity contribution in [3.63, 3.8) is 0 Å². The first-order chi connectivity index (χ1) is 8.75. The first kappa shape index (κ1) is 11.6. The fourth-order valence-corrected chi connectivity index (χ4v) is 0.977. The van der Waals surface area contributed by atoms with Gasteiger partial charge in [-0.25, -0.2) is 9.59 Å². The largest absolute Gasteiger partial charge is 0.424 e. The van der Waals surface area contributed by atoms with Gasteiger partial charge in [0.05, 0.1) is 0 Å². The molecule has 2 N–H and O–H groups in total. The molecular formula is C10H8N2O6. The molecule has 0 aromatic heterocycles. The molecule has 2 aliphatic heterocycles. The van der Waals surface area contributed by atoms with Crippen molar-refractivity contribution in [1.29, 1.82) is 0 Å². The van der Waals surface area contributed by atoms with E-state index in [1.165, 1.54) is 36.8 Å². The Morgan fingerprint density at radius 3 is 1.67 bits per heavy atom. The smallest absolute Gasteiger partial charge is 0.398 e. The van der Waals surface area contributed by atoms with Crippen LogP contribution in [0.2, 0.25) is 0 Å². The van der Waals surface area contributed by atoms with Crippen molar-refractivity contribution in [3.8, 4) is 0 Å². The van der Waals surface area contributed by atoms with Gasteiger partial charge in [0.2, 0.25) is 11.8 Å². The van der Waals surface area contributed by atoms with Crippen LogP contribution in [0.3, 0.4) is 0 Å². The van der Waals surface area contributed by atoms with Crippen LogP contribution in [0.15, 0.2) is 48.6 Å². The van der Waals surface area contributed by atoms with E-state index in [2.05, 4.69) is 30.1 Å². The van der Waals surface area contributed by atoms with Gasteiger partial charge in [-0.2, -0.15) is 11.0 Å². The van der Waals surface area contributed by atoms with E-state index in [0.717, 1.165) is 0 Å². The topological polar surface area (TPSA) is 95.1 Å². The van der Waals surface area contributed by atoms with Gasteiger partial charge in [0.1, 0.15) is 12.5 Å². The van der Waals surface area contributed by atoms with Crippen LogP contribution in [0.25, 0.3) is 0 Å². The summed E-state index contributed by atoms with van der Waals surface area (Å²) >= 11 is 0. The molecule has 8 heteroatoms. The Hall–Kier alpha value is -2.90. The lowest BCUT2D eigenvalue weighted by Crippen LogP contribution is -2.27. The third-order valence-electron chi connectivity index (χ3n) is 1.68. The zero-order chi connectivity index (χ0) is 12.8. The fraction of sp³-hybridized carbons (Fsp3) is 0. The predicted octanol–water partition coefficient (Wildman–Crippen LogP) is -0.147. The van der Waals surface area contributed by atoms with Crippen LogP contribution >= 0.6 is 0 Å². The van der Waals surface area contributed by atoms with E-state index in [1.54, 1.807) is 0 Å². The van der Waals surface area contributed by atoms with Crippen LogP contribution in [0.4, 0.5) is 0 Å². The summed E-state index contributed by atoms with van der Waals surface area (Å²) in [6, 6.07) is 0. The standard InChI is InChI=1S/C10H8N2O6/c13-9(17-7-3-1-5-15-11-7)10(14)18-8-4-2-6-16-12-8/h1-6,11-12H. The van der Waals surface area contributed by atoms with Gasteiger partial charge in [-0.1, -0.05) is 0 Å². The molecule has 0 spiro atoms. The SMILES string of the molecule is O=C(OC1=CC=CON1)C(=O)OC1=CC=CON1. The molecule has 0 unspecified atom stereocenters. The van der Waals surface area contributed by atoms with E-state index >= 15 is 0 Å². The average Bonchev–Trinajstić information content (AvgIpc) is 2.41. The second-order valence-corrected chi connectivity index (χ2v) is 2.94. The third kappa shape index (κ3) is 3.04. The Kier molecular flexibility index (Phi) is 3.50. The maximum absolute atomic E-state index is 11.3. The highest BCUT2D eigenvalue weighted by atomic mass is 16.7. The van der Waals surface area contributed by atoms with Crippen molar-refractivity contribution in [3.05, 3.63) is 48.6 Å². The summed E-state index contributed by atoms with van der Waals surface area (Å²) in [6.07, 6.45) is 8.42. The second kappa shape index (κ2) is 5.43. The van der Waals surface area contributed by atoms with Gasteiger partial charge in [0, 0.05) is 12.2 Å². The number of carbonyl (C=O) groups is 2. The number of hydrogen-bond acceptors (Lipinski definition) is 8. The number of nitrogens with one attached hydrogen (secondary N) is 2. The quantitative estimate of drug-likeness (QED) is 0.517. The van der Waals surface area contributed by atoms with Crippen LogP contribution in [0, 0.1) is 0 Å². The Labute approximate surface area is 101 Å². The van der Waals surface area contributed by atoms with E-state index in [1.807, 2.05) is 0 Å². The molecule has 94 valence electrons. The number of hydroxylamine groups is 2. The molecule has 0 aromatic rings. The van der Waals surface area contributed by atoms with E-state index in [4.69, 9.17) is 0 Å². The van der Waals surface area contributed by atoms with Crippen molar-refractivity contribution in [2.24, 2.45) is 0 Å². The average molecular weight is 252 g/mol. The fourth-order valence-electron chi connectivity index (χ4n) is 0.977. The van der Waals surface area contributed by atoms with Gasteiger partial charge < -0.3 is 19.1 Å². The predicted molar refractivity (Wildman–Crippen MR) is 55.1 cm³/mol. The van der Waals surface area contributed by atoms with Crippen LogP contribution in [-0.4, -0.2) is 11.9 Å². The van der Waals surface area contributed by atoms with Crippen LogP contribution < -0.4 is 11.0 Å². The van der Waals surface area contributed by atoms with Gasteiger partial charge in [-0.05, 0) is 12.2 Å².